The number of thioether (sulfide) groups is 1. The number of benzene rings is 1. The van der Waals surface area contributed by atoms with Crippen LogP contribution < -0.4 is 10.8 Å². The summed E-state index contributed by atoms with van der Waals surface area (Å²) in [5.41, 5.74) is 6.11. The van der Waals surface area contributed by atoms with Crippen molar-refractivity contribution >= 4 is 29.3 Å². The minimum absolute atomic E-state index is 0.750. The molecule has 0 atom stereocenters. The zero-order valence-electron chi connectivity index (χ0n) is 9.48. The van der Waals surface area contributed by atoms with Crippen molar-refractivity contribution in [3.63, 3.8) is 0 Å². The standard InChI is InChI=1S/C7H5ClS.C2H7N.C2H4O3/c8-7-3-6-2-1-5(7)4-9-6;1-2-3;3-1-2(4)5/h1-3H,4H2;2-3H2,1H3;3H,1H2,(H,4,5)/p-1. The van der Waals surface area contributed by atoms with Gasteiger partial charge in [-0.05, 0) is 24.2 Å². The van der Waals surface area contributed by atoms with E-state index < -0.39 is 12.6 Å². The third-order valence-electron chi connectivity index (χ3n) is 1.55. The number of carboxylic acids is 1. The number of aliphatic hydroxyl groups excluding tert-OH is 1. The lowest BCUT2D eigenvalue weighted by molar-refractivity contribution is -0.308. The summed E-state index contributed by atoms with van der Waals surface area (Å²) >= 11 is 7.70. The molecule has 2 heterocycles. The molecule has 2 aliphatic rings. The highest BCUT2D eigenvalue weighted by Crippen LogP contribution is 2.34. The van der Waals surface area contributed by atoms with Crippen molar-refractivity contribution in [2.45, 2.75) is 17.6 Å². The van der Waals surface area contributed by atoms with Gasteiger partial charge in [0.15, 0.2) is 0 Å². The molecule has 0 fully saturated rings. The summed E-state index contributed by atoms with van der Waals surface area (Å²) in [6.07, 6.45) is 0. The van der Waals surface area contributed by atoms with Gasteiger partial charge in [0.25, 0.3) is 0 Å². The Kier molecular flexibility index (Phi) is 8.89. The molecule has 17 heavy (non-hydrogen) atoms. The molecule has 0 amide bonds. The molecule has 1 aromatic carbocycles. The Bertz CT molecular complexity index is 361. The van der Waals surface area contributed by atoms with Crippen molar-refractivity contribution in [3.05, 3.63) is 28.8 Å². The second-order valence-electron chi connectivity index (χ2n) is 2.98. The van der Waals surface area contributed by atoms with Gasteiger partial charge in [0, 0.05) is 15.7 Å². The second-order valence-corrected chi connectivity index (χ2v) is 4.44. The van der Waals surface area contributed by atoms with Crippen LogP contribution in [0.15, 0.2) is 23.1 Å². The van der Waals surface area contributed by atoms with E-state index in [1.165, 1.54) is 10.5 Å². The van der Waals surface area contributed by atoms with Crippen molar-refractivity contribution in [2.75, 3.05) is 13.2 Å². The van der Waals surface area contributed by atoms with Crippen molar-refractivity contribution in [1.82, 2.24) is 0 Å². The van der Waals surface area contributed by atoms with Gasteiger partial charge >= 0.3 is 0 Å². The molecule has 2 bridgehead atoms. The zero-order chi connectivity index (χ0) is 13.3. The minimum atomic E-state index is -1.44. The van der Waals surface area contributed by atoms with Crippen LogP contribution in [-0.4, -0.2) is 24.2 Å². The van der Waals surface area contributed by atoms with E-state index in [1.807, 2.05) is 24.8 Å². The lowest BCUT2D eigenvalue weighted by Crippen LogP contribution is -2.25. The van der Waals surface area contributed by atoms with Crippen LogP contribution in [0.25, 0.3) is 0 Å². The second kappa shape index (κ2) is 9.30. The average molecular weight is 277 g/mol. The Morgan fingerprint density at radius 3 is 2.29 bits per heavy atom. The summed E-state index contributed by atoms with van der Waals surface area (Å²) in [5.74, 6) is -0.383. The summed E-state index contributed by atoms with van der Waals surface area (Å²) in [6, 6.07) is 6.22. The first-order valence-electron chi connectivity index (χ1n) is 4.97. The third kappa shape index (κ3) is 7.23. The number of fused-ring (bicyclic) bond motifs is 3. The molecule has 0 unspecified atom stereocenters. The molecule has 0 saturated heterocycles. The van der Waals surface area contributed by atoms with Gasteiger partial charge in [-0.2, -0.15) is 0 Å². The monoisotopic (exact) mass is 276 g/mol. The predicted octanol–water partition coefficient (Wildman–Crippen LogP) is 0.639. The normalized spacial score (nSPS) is 10.8. The summed E-state index contributed by atoms with van der Waals surface area (Å²) in [5, 5.41) is 17.4. The van der Waals surface area contributed by atoms with Gasteiger partial charge in [0.1, 0.15) is 0 Å². The summed E-state index contributed by atoms with van der Waals surface area (Å²) in [6.45, 7) is 1.76. The van der Waals surface area contributed by atoms with Crippen LogP contribution in [0.1, 0.15) is 12.5 Å². The lowest BCUT2D eigenvalue weighted by atomic mass is 10.2. The van der Waals surface area contributed by atoms with Crippen LogP contribution in [0.5, 0.6) is 0 Å². The quantitative estimate of drug-likeness (QED) is 0.786. The number of carboxylic acid groups (broad SMARTS) is 1. The Balaban J connectivity index is 0.000000276. The number of hydrogen-bond acceptors (Lipinski definition) is 5. The van der Waals surface area contributed by atoms with Gasteiger partial charge in [0.2, 0.25) is 0 Å². The fourth-order valence-electron chi connectivity index (χ4n) is 0.896. The van der Waals surface area contributed by atoms with Crippen molar-refractivity contribution < 1.29 is 15.0 Å². The van der Waals surface area contributed by atoms with Gasteiger partial charge in [-0.25, -0.2) is 0 Å². The molecule has 0 aliphatic carbocycles. The van der Waals surface area contributed by atoms with Crippen LogP contribution in [-0.2, 0) is 10.5 Å². The number of halogens is 1. The van der Waals surface area contributed by atoms with E-state index in [-0.39, 0.29) is 0 Å². The van der Waals surface area contributed by atoms with Crippen LogP contribution in [0.3, 0.4) is 0 Å². The predicted molar refractivity (Wildman–Crippen MR) is 67.8 cm³/mol. The molecule has 4 nitrogen and oxygen atoms in total. The highest BCUT2D eigenvalue weighted by Gasteiger charge is 2.08. The van der Waals surface area contributed by atoms with Crippen LogP contribution in [0, 0.1) is 0 Å². The molecule has 6 heteroatoms. The summed E-state index contributed by atoms with van der Waals surface area (Å²) in [4.78, 5) is 10.3. The Morgan fingerprint density at radius 1 is 1.65 bits per heavy atom. The third-order valence-corrected chi connectivity index (χ3v) is 2.94. The SMILES string of the molecule is CCN.Clc1cc2ccc1CS2.O=C([O-])CO. The van der Waals surface area contributed by atoms with Crippen LogP contribution in [0.4, 0.5) is 0 Å². The van der Waals surface area contributed by atoms with E-state index in [0.717, 1.165) is 17.3 Å². The summed E-state index contributed by atoms with van der Waals surface area (Å²) in [7, 11) is 0. The van der Waals surface area contributed by atoms with Crippen molar-refractivity contribution in [1.29, 1.82) is 0 Å². The van der Waals surface area contributed by atoms with E-state index in [4.69, 9.17) is 32.3 Å². The van der Waals surface area contributed by atoms with E-state index in [1.54, 1.807) is 0 Å². The maximum absolute atomic E-state index is 9.01. The number of rotatable bonds is 1. The first kappa shape index (κ1) is 16.2. The van der Waals surface area contributed by atoms with Gasteiger partial charge in [-0.3, -0.25) is 0 Å². The molecule has 0 saturated carbocycles. The molecule has 0 radical (unpaired) electrons. The largest absolute Gasteiger partial charge is 0.548 e. The molecule has 2 aliphatic heterocycles. The fourth-order valence-corrected chi connectivity index (χ4v) is 2.23. The molecule has 1 aromatic rings. The highest BCUT2D eigenvalue weighted by atomic mass is 35.5. The highest BCUT2D eigenvalue weighted by molar-refractivity contribution is 7.98. The zero-order valence-corrected chi connectivity index (χ0v) is 11.1. The minimum Gasteiger partial charge on any atom is -0.548 e. The van der Waals surface area contributed by atoms with E-state index in [0.29, 0.717) is 0 Å². The molecule has 96 valence electrons. The smallest absolute Gasteiger partial charge is 0.0826 e. The van der Waals surface area contributed by atoms with E-state index in [9.17, 15) is 0 Å². The number of hydrogen-bond donors (Lipinski definition) is 2. The van der Waals surface area contributed by atoms with Crippen LogP contribution in [0.2, 0.25) is 5.02 Å². The number of carbonyl (C=O) groups excluding carboxylic acids is 1. The molecular formula is C11H15ClNO3S-. The molecule has 0 aromatic heterocycles. The number of aliphatic carboxylic acids is 1. The Labute approximate surface area is 110 Å². The number of carbonyl (C=O) groups is 1. The van der Waals surface area contributed by atoms with Gasteiger partial charge < -0.3 is 20.7 Å². The van der Waals surface area contributed by atoms with Crippen LogP contribution >= 0.6 is 23.4 Å². The number of nitrogens with two attached hydrogens (primary N) is 1. The maximum Gasteiger partial charge on any atom is 0.0826 e. The number of aliphatic hydroxyl groups is 1. The van der Waals surface area contributed by atoms with Gasteiger partial charge in [-0.15, -0.1) is 11.8 Å². The molecule has 0 spiro atoms. The van der Waals surface area contributed by atoms with Crippen molar-refractivity contribution in [2.24, 2.45) is 5.73 Å². The first-order chi connectivity index (χ1) is 8.04. The molecule has 3 rings (SSSR count). The Hall–Kier alpha value is -0.750. The fraction of sp³-hybridized carbons (Fsp3) is 0.364. The average Bonchev–Trinajstić information content (AvgIpc) is 2.32. The van der Waals surface area contributed by atoms with Gasteiger partial charge in [-0.1, -0.05) is 24.6 Å². The molecule has 3 N–H and O–H groups in total. The Morgan fingerprint density at radius 2 is 2.18 bits per heavy atom. The van der Waals surface area contributed by atoms with E-state index >= 15 is 0 Å². The lowest BCUT2D eigenvalue weighted by Gasteiger charge is -2.11. The topological polar surface area (TPSA) is 86.4 Å². The molecular weight excluding hydrogens is 262 g/mol. The van der Waals surface area contributed by atoms with E-state index in [2.05, 4.69) is 12.1 Å². The summed E-state index contributed by atoms with van der Waals surface area (Å²) < 4.78 is 0. The maximum atomic E-state index is 9.01. The van der Waals surface area contributed by atoms with Crippen molar-refractivity contribution in [3.8, 4) is 0 Å². The van der Waals surface area contributed by atoms with Gasteiger partial charge in [0.05, 0.1) is 12.6 Å². The first-order valence-corrected chi connectivity index (χ1v) is 6.33.